The molecule has 3 nitrogen and oxygen atoms in total. The Bertz CT molecular complexity index is 139. The Balaban J connectivity index is 3.61. The van der Waals surface area contributed by atoms with Crippen molar-refractivity contribution < 1.29 is 18.3 Å². The molecular weight excluding hydrogens is 156 g/mol. The number of carbonyl (C=O) groups excluding carboxylic acids is 1. The summed E-state index contributed by atoms with van der Waals surface area (Å²) in [5.74, 6) is -3.59. The van der Waals surface area contributed by atoms with Crippen LogP contribution in [0.15, 0.2) is 0 Å². The molecule has 0 bridgehead atoms. The normalized spacial score (nSPS) is 11.3. The van der Waals surface area contributed by atoms with Gasteiger partial charge in [0.25, 0.3) is 5.92 Å². The van der Waals surface area contributed by atoms with Crippen LogP contribution in [0.1, 0.15) is 12.8 Å². The van der Waals surface area contributed by atoms with Crippen LogP contribution in [0.5, 0.6) is 0 Å². The van der Waals surface area contributed by atoms with Gasteiger partial charge in [0.2, 0.25) is 0 Å². The second-order valence-corrected chi connectivity index (χ2v) is 2.14. The molecule has 0 heterocycles. The summed E-state index contributed by atoms with van der Waals surface area (Å²) in [6.45, 7) is -0.732. The standard InChI is InChI=1S/C6H11F2NO2/c1-11-5(10)2-3-6(7,8)4-9/h2-4,9H2,1H3. The molecule has 0 spiro atoms. The number of esters is 1. The highest BCUT2D eigenvalue weighted by molar-refractivity contribution is 5.69. The summed E-state index contributed by atoms with van der Waals surface area (Å²) in [6.07, 6.45) is -0.836. The quantitative estimate of drug-likeness (QED) is 0.621. The predicted octanol–water partition coefficient (Wildman–Crippen LogP) is 0.534. The van der Waals surface area contributed by atoms with Crippen molar-refractivity contribution in [2.24, 2.45) is 5.73 Å². The Hall–Kier alpha value is -0.710. The van der Waals surface area contributed by atoms with E-state index >= 15 is 0 Å². The van der Waals surface area contributed by atoms with E-state index in [1.165, 1.54) is 0 Å². The number of ether oxygens (including phenoxy) is 1. The van der Waals surface area contributed by atoms with E-state index in [1.54, 1.807) is 0 Å². The van der Waals surface area contributed by atoms with Crippen LogP contribution < -0.4 is 5.73 Å². The van der Waals surface area contributed by atoms with Gasteiger partial charge in [-0.2, -0.15) is 0 Å². The second kappa shape index (κ2) is 4.23. The molecule has 0 saturated carbocycles. The van der Waals surface area contributed by atoms with Crippen molar-refractivity contribution in [3.8, 4) is 0 Å². The lowest BCUT2D eigenvalue weighted by Gasteiger charge is -2.11. The van der Waals surface area contributed by atoms with Gasteiger partial charge in [0.1, 0.15) is 0 Å². The van der Waals surface area contributed by atoms with Gasteiger partial charge in [-0.15, -0.1) is 0 Å². The monoisotopic (exact) mass is 167 g/mol. The minimum Gasteiger partial charge on any atom is -0.469 e. The van der Waals surface area contributed by atoms with Crippen LogP contribution in [0, 0.1) is 0 Å². The Morgan fingerprint density at radius 2 is 2.18 bits per heavy atom. The van der Waals surface area contributed by atoms with Crippen molar-refractivity contribution in [2.75, 3.05) is 13.7 Å². The van der Waals surface area contributed by atoms with Crippen LogP contribution >= 0.6 is 0 Å². The van der Waals surface area contributed by atoms with E-state index in [1.807, 2.05) is 0 Å². The molecule has 2 N–H and O–H groups in total. The Kier molecular flexibility index (Phi) is 3.95. The van der Waals surface area contributed by atoms with Crippen LogP contribution in [0.25, 0.3) is 0 Å². The van der Waals surface area contributed by atoms with Crippen molar-refractivity contribution in [1.29, 1.82) is 0 Å². The van der Waals surface area contributed by atoms with Crippen molar-refractivity contribution in [3.63, 3.8) is 0 Å². The lowest BCUT2D eigenvalue weighted by atomic mass is 10.2. The molecule has 0 saturated heterocycles. The van der Waals surface area contributed by atoms with E-state index < -0.39 is 24.9 Å². The molecule has 11 heavy (non-hydrogen) atoms. The average molecular weight is 167 g/mol. The molecule has 0 rings (SSSR count). The summed E-state index contributed by atoms with van der Waals surface area (Å²) in [6, 6.07) is 0. The second-order valence-electron chi connectivity index (χ2n) is 2.14. The van der Waals surface area contributed by atoms with E-state index in [9.17, 15) is 13.6 Å². The number of hydrogen-bond donors (Lipinski definition) is 1. The smallest absolute Gasteiger partial charge is 0.305 e. The van der Waals surface area contributed by atoms with Crippen molar-refractivity contribution in [1.82, 2.24) is 0 Å². The minimum absolute atomic E-state index is 0.291. The van der Waals surface area contributed by atoms with Crippen LogP contribution in [0.3, 0.4) is 0 Å². The number of carbonyl (C=O) groups is 1. The van der Waals surface area contributed by atoms with Gasteiger partial charge in [0.05, 0.1) is 20.1 Å². The zero-order valence-corrected chi connectivity index (χ0v) is 6.27. The molecule has 0 aliphatic rings. The molecular formula is C6H11F2NO2. The molecule has 66 valence electrons. The number of rotatable bonds is 4. The Morgan fingerprint density at radius 1 is 1.64 bits per heavy atom. The first-order valence-electron chi connectivity index (χ1n) is 3.16. The first-order valence-corrected chi connectivity index (χ1v) is 3.16. The Labute approximate surface area is 63.5 Å². The number of hydrogen-bond acceptors (Lipinski definition) is 3. The van der Waals surface area contributed by atoms with Crippen molar-refractivity contribution in [2.45, 2.75) is 18.8 Å². The molecule has 0 fully saturated rings. The number of halogens is 2. The van der Waals surface area contributed by atoms with Gasteiger partial charge in [-0.25, -0.2) is 8.78 Å². The average Bonchev–Trinajstić information content (AvgIpc) is 2.00. The molecule has 0 aromatic carbocycles. The maximum atomic E-state index is 12.3. The van der Waals surface area contributed by atoms with Crippen molar-refractivity contribution in [3.05, 3.63) is 0 Å². The van der Waals surface area contributed by atoms with Gasteiger partial charge < -0.3 is 10.5 Å². The fourth-order valence-electron chi connectivity index (χ4n) is 0.489. The molecule has 0 aromatic heterocycles. The van der Waals surface area contributed by atoms with Crippen LogP contribution in [0.2, 0.25) is 0 Å². The summed E-state index contributed by atoms with van der Waals surface area (Å²) in [5, 5.41) is 0. The van der Waals surface area contributed by atoms with Crippen LogP contribution in [-0.4, -0.2) is 25.5 Å². The zero-order chi connectivity index (χ0) is 8.91. The molecule has 0 atom stereocenters. The lowest BCUT2D eigenvalue weighted by Crippen LogP contribution is -2.28. The fraction of sp³-hybridized carbons (Fsp3) is 0.833. The third-order valence-electron chi connectivity index (χ3n) is 1.22. The van der Waals surface area contributed by atoms with Crippen LogP contribution in [0.4, 0.5) is 8.78 Å². The molecule has 0 amide bonds. The SMILES string of the molecule is COC(=O)CCC(F)(F)CN. The third kappa shape index (κ3) is 4.66. The first kappa shape index (κ1) is 10.3. The third-order valence-corrected chi connectivity index (χ3v) is 1.22. The maximum Gasteiger partial charge on any atom is 0.305 e. The summed E-state index contributed by atoms with van der Waals surface area (Å²) in [5.41, 5.74) is 4.73. The number of nitrogens with two attached hydrogens (primary N) is 1. The van der Waals surface area contributed by atoms with Crippen molar-refractivity contribution >= 4 is 5.97 Å². The van der Waals surface area contributed by atoms with E-state index in [0.717, 1.165) is 7.11 Å². The molecule has 0 radical (unpaired) electrons. The highest BCUT2D eigenvalue weighted by Crippen LogP contribution is 2.18. The van der Waals surface area contributed by atoms with Gasteiger partial charge in [0, 0.05) is 6.42 Å². The first-order chi connectivity index (χ1) is 5.02. The van der Waals surface area contributed by atoms with E-state index in [0.29, 0.717) is 0 Å². The summed E-state index contributed by atoms with van der Waals surface area (Å²) in [7, 11) is 1.16. The Morgan fingerprint density at radius 3 is 2.55 bits per heavy atom. The molecule has 0 aliphatic carbocycles. The molecule has 0 unspecified atom stereocenters. The number of methoxy groups -OCH3 is 1. The molecule has 0 aromatic rings. The van der Waals surface area contributed by atoms with E-state index in [4.69, 9.17) is 5.73 Å². The van der Waals surface area contributed by atoms with Gasteiger partial charge in [-0.3, -0.25) is 4.79 Å². The zero-order valence-electron chi connectivity index (χ0n) is 6.27. The minimum atomic E-state index is -2.95. The number of alkyl halides is 2. The molecule has 0 aliphatic heterocycles. The largest absolute Gasteiger partial charge is 0.469 e. The lowest BCUT2D eigenvalue weighted by molar-refractivity contribution is -0.142. The predicted molar refractivity (Wildman–Crippen MR) is 35.3 cm³/mol. The summed E-state index contributed by atoms with van der Waals surface area (Å²) >= 11 is 0. The van der Waals surface area contributed by atoms with Crippen LogP contribution in [-0.2, 0) is 9.53 Å². The maximum absolute atomic E-state index is 12.3. The van der Waals surface area contributed by atoms with Gasteiger partial charge in [-0.1, -0.05) is 0 Å². The molecule has 5 heteroatoms. The van der Waals surface area contributed by atoms with E-state index in [2.05, 4.69) is 4.74 Å². The summed E-state index contributed by atoms with van der Waals surface area (Å²) < 4.78 is 28.8. The summed E-state index contributed by atoms with van der Waals surface area (Å²) in [4.78, 5) is 10.4. The topological polar surface area (TPSA) is 52.3 Å². The highest BCUT2D eigenvalue weighted by Gasteiger charge is 2.27. The van der Waals surface area contributed by atoms with E-state index in [-0.39, 0.29) is 6.42 Å². The van der Waals surface area contributed by atoms with Gasteiger partial charge in [-0.05, 0) is 0 Å². The van der Waals surface area contributed by atoms with Gasteiger partial charge >= 0.3 is 5.97 Å². The van der Waals surface area contributed by atoms with Gasteiger partial charge in [0.15, 0.2) is 0 Å². The highest BCUT2D eigenvalue weighted by atomic mass is 19.3. The fourth-order valence-corrected chi connectivity index (χ4v) is 0.489.